The van der Waals surface area contributed by atoms with Crippen molar-refractivity contribution >= 4 is 11.9 Å². The van der Waals surface area contributed by atoms with E-state index in [0.717, 1.165) is 5.56 Å². The molecule has 0 saturated carbocycles. The minimum atomic E-state index is -0.993. The van der Waals surface area contributed by atoms with Crippen molar-refractivity contribution in [1.29, 1.82) is 0 Å². The van der Waals surface area contributed by atoms with Crippen LogP contribution >= 0.6 is 0 Å². The van der Waals surface area contributed by atoms with Crippen LogP contribution in [0.3, 0.4) is 0 Å². The second-order valence-electron chi connectivity index (χ2n) is 4.40. The Morgan fingerprint density at radius 3 is 2.55 bits per heavy atom. The van der Waals surface area contributed by atoms with Crippen molar-refractivity contribution in [3.63, 3.8) is 0 Å². The molecule has 0 fully saturated rings. The lowest BCUT2D eigenvalue weighted by Gasteiger charge is -2.11. The van der Waals surface area contributed by atoms with E-state index < -0.39 is 17.9 Å². The Hall–Kier alpha value is -2.28. The highest BCUT2D eigenvalue weighted by molar-refractivity contribution is 5.82. The lowest BCUT2D eigenvalue weighted by Crippen LogP contribution is -2.41. The number of aromatic hydroxyl groups is 2. The molecule has 0 aliphatic heterocycles. The number of carboxylic acid groups (broad SMARTS) is 1. The lowest BCUT2D eigenvalue weighted by atomic mass is 10.1. The average molecular weight is 282 g/mol. The molecule has 110 valence electrons. The number of benzene rings is 1. The monoisotopic (exact) mass is 282 g/mol. The summed E-state index contributed by atoms with van der Waals surface area (Å²) in [7, 11) is 0. The van der Waals surface area contributed by atoms with Gasteiger partial charge in [0.25, 0.3) is 0 Å². The molecule has 1 aromatic carbocycles. The number of nitrogens with one attached hydrogen (secondary N) is 1. The first kappa shape index (κ1) is 15.8. The summed E-state index contributed by atoms with van der Waals surface area (Å²) in [4.78, 5) is 21.9. The van der Waals surface area contributed by atoms with Gasteiger partial charge in [0.2, 0.25) is 5.91 Å². The number of hydrogen-bond acceptors (Lipinski definition) is 5. The Bertz CT molecular complexity index is 490. The number of nitrogens with two attached hydrogens (primary N) is 1. The highest BCUT2D eigenvalue weighted by Crippen LogP contribution is 2.24. The molecule has 0 unspecified atom stereocenters. The fourth-order valence-corrected chi connectivity index (χ4v) is 1.60. The van der Waals surface area contributed by atoms with Gasteiger partial charge in [0, 0.05) is 13.0 Å². The molecule has 1 amide bonds. The van der Waals surface area contributed by atoms with Gasteiger partial charge in [-0.25, -0.2) is 0 Å². The zero-order chi connectivity index (χ0) is 15.1. The molecule has 7 nitrogen and oxygen atoms in total. The van der Waals surface area contributed by atoms with Crippen molar-refractivity contribution in [3.8, 4) is 11.5 Å². The number of aliphatic carboxylic acids is 1. The number of hydrogen-bond donors (Lipinski definition) is 5. The van der Waals surface area contributed by atoms with Crippen LogP contribution in [0.2, 0.25) is 0 Å². The minimum absolute atomic E-state index is 0.0845. The van der Waals surface area contributed by atoms with E-state index in [0.29, 0.717) is 13.0 Å². The first-order valence-corrected chi connectivity index (χ1v) is 6.16. The quantitative estimate of drug-likeness (QED) is 0.445. The minimum Gasteiger partial charge on any atom is -0.504 e. The number of carbonyl (C=O) groups excluding carboxylic acids is 1. The van der Waals surface area contributed by atoms with Crippen LogP contribution in [0.5, 0.6) is 11.5 Å². The number of rotatable bonds is 7. The first-order chi connectivity index (χ1) is 9.40. The molecule has 0 spiro atoms. The summed E-state index contributed by atoms with van der Waals surface area (Å²) in [5.41, 5.74) is 6.29. The third-order valence-corrected chi connectivity index (χ3v) is 2.76. The van der Waals surface area contributed by atoms with Crippen molar-refractivity contribution < 1.29 is 24.9 Å². The van der Waals surface area contributed by atoms with Crippen LogP contribution in [-0.4, -0.2) is 39.8 Å². The highest BCUT2D eigenvalue weighted by atomic mass is 16.4. The largest absolute Gasteiger partial charge is 0.504 e. The molecule has 7 heteroatoms. The molecular weight excluding hydrogens is 264 g/mol. The van der Waals surface area contributed by atoms with Crippen LogP contribution < -0.4 is 11.1 Å². The maximum atomic E-state index is 11.5. The maximum absolute atomic E-state index is 11.5. The molecule has 0 aliphatic rings. The van der Waals surface area contributed by atoms with Crippen molar-refractivity contribution in [2.45, 2.75) is 25.3 Å². The van der Waals surface area contributed by atoms with E-state index in [1.807, 2.05) is 0 Å². The summed E-state index contributed by atoms with van der Waals surface area (Å²) in [6.07, 6.45) is 0.396. The van der Waals surface area contributed by atoms with Gasteiger partial charge in [0.15, 0.2) is 11.5 Å². The van der Waals surface area contributed by atoms with Gasteiger partial charge in [-0.1, -0.05) is 6.07 Å². The van der Waals surface area contributed by atoms with E-state index in [9.17, 15) is 14.7 Å². The molecule has 1 aromatic rings. The molecule has 20 heavy (non-hydrogen) atoms. The van der Waals surface area contributed by atoms with Gasteiger partial charge in [-0.2, -0.15) is 0 Å². The van der Waals surface area contributed by atoms with E-state index >= 15 is 0 Å². The maximum Gasteiger partial charge on any atom is 0.303 e. The Balaban J connectivity index is 2.34. The third kappa shape index (κ3) is 5.15. The SMILES string of the molecule is N[C@@H](CCC(=O)O)C(=O)NCCc1ccc(O)c(O)c1. The molecule has 0 aliphatic carbocycles. The second kappa shape index (κ2) is 7.34. The standard InChI is InChI=1S/C13H18N2O5/c14-9(2-4-12(18)19)13(20)15-6-5-8-1-3-10(16)11(17)7-8/h1,3,7,9,16-17H,2,4-6,14H2,(H,15,20)(H,18,19)/t9-/m0/s1. The molecule has 6 N–H and O–H groups in total. The molecule has 0 radical (unpaired) electrons. The van der Waals surface area contributed by atoms with Gasteiger partial charge < -0.3 is 26.4 Å². The van der Waals surface area contributed by atoms with Crippen LogP contribution in [-0.2, 0) is 16.0 Å². The molecule has 1 atom stereocenters. The number of phenols is 2. The van der Waals surface area contributed by atoms with E-state index in [1.165, 1.54) is 12.1 Å². The van der Waals surface area contributed by atoms with Crippen molar-refractivity contribution in [3.05, 3.63) is 23.8 Å². The van der Waals surface area contributed by atoms with E-state index in [-0.39, 0.29) is 24.3 Å². The van der Waals surface area contributed by atoms with Crippen molar-refractivity contribution in [1.82, 2.24) is 5.32 Å². The molecule has 0 saturated heterocycles. The lowest BCUT2D eigenvalue weighted by molar-refractivity contribution is -0.137. The highest BCUT2D eigenvalue weighted by Gasteiger charge is 2.14. The van der Waals surface area contributed by atoms with Crippen molar-refractivity contribution in [2.75, 3.05) is 6.54 Å². The second-order valence-corrected chi connectivity index (χ2v) is 4.40. The van der Waals surface area contributed by atoms with E-state index in [4.69, 9.17) is 15.9 Å². The van der Waals surface area contributed by atoms with Crippen LogP contribution in [0.1, 0.15) is 18.4 Å². The Morgan fingerprint density at radius 2 is 1.95 bits per heavy atom. The van der Waals surface area contributed by atoms with Gasteiger partial charge in [0.1, 0.15) is 0 Å². The van der Waals surface area contributed by atoms with Gasteiger partial charge >= 0.3 is 5.97 Å². The average Bonchev–Trinajstić information content (AvgIpc) is 2.39. The number of amides is 1. The number of carboxylic acids is 1. The Kier molecular flexibility index (Phi) is 5.79. The number of carbonyl (C=O) groups is 2. The molecule has 0 aromatic heterocycles. The normalized spacial score (nSPS) is 11.8. The Labute approximate surface area is 116 Å². The fourth-order valence-electron chi connectivity index (χ4n) is 1.60. The predicted molar refractivity (Wildman–Crippen MR) is 71.3 cm³/mol. The van der Waals surface area contributed by atoms with Crippen molar-refractivity contribution in [2.24, 2.45) is 5.73 Å². The van der Waals surface area contributed by atoms with Gasteiger partial charge in [-0.3, -0.25) is 9.59 Å². The van der Waals surface area contributed by atoms with Gasteiger partial charge in [0.05, 0.1) is 6.04 Å². The first-order valence-electron chi connectivity index (χ1n) is 6.16. The third-order valence-electron chi connectivity index (χ3n) is 2.76. The molecular formula is C13H18N2O5. The van der Waals surface area contributed by atoms with Crippen LogP contribution in [0, 0.1) is 0 Å². The Morgan fingerprint density at radius 1 is 1.25 bits per heavy atom. The predicted octanol–water partition coefficient (Wildman–Crippen LogP) is -0.0514. The summed E-state index contributed by atoms with van der Waals surface area (Å²) in [5.74, 6) is -1.82. The molecule has 1 rings (SSSR count). The smallest absolute Gasteiger partial charge is 0.303 e. The summed E-state index contributed by atoms with van der Waals surface area (Å²) in [6.45, 7) is 0.309. The van der Waals surface area contributed by atoms with Crippen LogP contribution in [0.25, 0.3) is 0 Å². The fraction of sp³-hybridized carbons (Fsp3) is 0.385. The topological polar surface area (TPSA) is 133 Å². The summed E-state index contributed by atoms with van der Waals surface area (Å²) < 4.78 is 0. The van der Waals surface area contributed by atoms with Gasteiger partial charge in [-0.15, -0.1) is 0 Å². The molecule has 0 heterocycles. The number of phenolic OH excluding ortho intramolecular Hbond substituents is 2. The van der Waals surface area contributed by atoms with Crippen LogP contribution in [0.4, 0.5) is 0 Å². The van der Waals surface area contributed by atoms with E-state index in [1.54, 1.807) is 6.07 Å². The zero-order valence-electron chi connectivity index (χ0n) is 10.9. The summed E-state index contributed by atoms with van der Waals surface area (Å²) >= 11 is 0. The zero-order valence-corrected chi connectivity index (χ0v) is 10.9. The van der Waals surface area contributed by atoms with Crippen LogP contribution in [0.15, 0.2) is 18.2 Å². The van der Waals surface area contributed by atoms with Gasteiger partial charge in [-0.05, 0) is 30.5 Å². The summed E-state index contributed by atoms with van der Waals surface area (Å²) in [6, 6.07) is 3.56. The summed E-state index contributed by atoms with van der Waals surface area (Å²) in [5, 5.41) is 29.5. The van der Waals surface area contributed by atoms with E-state index in [2.05, 4.69) is 5.32 Å². The molecule has 0 bridgehead atoms.